The number of benzene rings is 1. The van der Waals surface area contributed by atoms with Crippen LogP contribution < -0.4 is 15.5 Å². The molecule has 0 aliphatic carbocycles. The fraction of sp³-hybridized carbons (Fsp3) is 0.423. The average Bonchev–Trinajstić information content (AvgIpc) is 3.23. The fourth-order valence-corrected chi connectivity index (χ4v) is 5.82. The van der Waals surface area contributed by atoms with Gasteiger partial charge < -0.3 is 20.4 Å². The van der Waals surface area contributed by atoms with Gasteiger partial charge in [0.05, 0.1) is 17.7 Å². The highest BCUT2D eigenvalue weighted by Crippen LogP contribution is 2.38. The van der Waals surface area contributed by atoms with Crippen molar-refractivity contribution < 1.29 is 19.2 Å². The predicted octanol–water partition coefficient (Wildman–Crippen LogP) is 2.25. The van der Waals surface area contributed by atoms with Crippen LogP contribution in [0, 0.1) is 5.92 Å². The van der Waals surface area contributed by atoms with Gasteiger partial charge in [-0.25, -0.2) is 4.98 Å². The molecule has 0 saturated carbocycles. The molecule has 4 amide bonds. The summed E-state index contributed by atoms with van der Waals surface area (Å²) in [5, 5.41) is 6.16. The number of likely N-dealkylation sites (tertiary alicyclic amines) is 1. The lowest BCUT2D eigenvalue weighted by atomic mass is 9.96. The number of anilines is 2. The maximum atomic E-state index is 12.9. The van der Waals surface area contributed by atoms with E-state index in [0.717, 1.165) is 54.1 Å². The Balaban J connectivity index is 1.11. The Labute approximate surface area is 214 Å². The smallest absolute Gasteiger partial charge is 0.313 e. The molecule has 1 fully saturated rings. The second-order valence-corrected chi connectivity index (χ2v) is 10.2. The maximum absolute atomic E-state index is 12.9. The number of piperidine rings is 1. The molecular formula is C26H29N5O4S. The van der Waals surface area contributed by atoms with Crippen molar-refractivity contribution in [3.05, 3.63) is 47.2 Å². The van der Waals surface area contributed by atoms with Gasteiger partial charge in [0, 0.05) is 38.1 Å². The van der Waals surface area contributed by atoms with Crippen LogP contribution in [0.15, 0.2) is 35.5 Å². The lowest BCUT2D eigenvalue weighted by molar-refractivity contribution is -0.136. The molecule has 0 radical (unpaired) electrons. The van der Waals surface area contributed by atoms with Crippen molar-refractivity contribution in [2.75, 3.05) is 42.7 Å². The molecule has 5 rings (SSSR count). The number of thioether (sulfide) groups is 1. The molecule has 2 N–H and O–H groups in total. The van der Waals surface area contributed by atoms with Gasteiger partial charge in [0.2, 0.25) is 5.91 Å². The number of aryl methyl sites for hydroxylation is 1. The Bertz CT molecular complexity index is 1220. The van der Waals surface area contributed by atoms with Crippen LogP contribution in [-0.4, -0.2) is 65.9 Å². The first kappa shape index (κ1) is 24.3. The standard InChI is InChI=1S/C26H29N5O4S/c1-36-25-20(5-2-8-27-25)26(35)30-10-6-16(7-11-30)15-28-23(33)24(34)29-19-12-17-4-3-9-31-21(32)14-18(13-19)22(17)31/h2,5,8,12-13,16H,3-4,6-7,9-11,14-15H2,1H3,(H,28,33)(H,29,34). The number of rotatable bonds is 5. The summed E-state index contributed by atoms with van der Waals surface area (Å²) >= 11 is 1.45. The molecule has 1 saturated heterocycles. The minimum Gasteiger partial charge on any atom is -0.348 e. The van der Waals surface area contributed by atoms with Gasteiger partial charge in [-0.1, -0.05) is 0 Å². The quantitative estimate of drug-likeness (QED) is 0.474. The van der Waals surface area contributed by atoms with Crippen molar-refractivity contribution >= 4 is 46.8 Å². The lowest BCUT2D eigenvalue weighted by Crippen LogP contribution is -2.43. The number of pyridine rings is 1. The second kappa shape index (κ2) is 10.3. The molecule has 1 aromatic heterocycles. The van der Waals surface area contributed by atoms with Gasteiger partial charge in [-0.2, -0.15) is 0 Å². The van der Waals surface area contributed by atoms with Crippen LogP contribution in [0.4, 0.5) is 11.4 Å². The number of aromatic nitrogens is 1. The molecule has 2 aromatic rings. The first-order chi connectivity index (χ1) is 17.4. The Morgan fingerprint density at radius 1 is 1.11 bits per heavy atom. The van der Waals surface area contributed by atoms with Crippen molar-refractivity contribution in [3.63, 3.8) is 0 Å². The molecule has 36 heavy (non-hydrogen) atoms. The highest BCUT2D eigenvalue weighted by atomic mass is 32.2. The van der Waals surface area contributed by atoms with Gasteiger partial charge in [0.25, 0.3) is 5.91 Å². The minimum atomic E-state index is -0.715. The van der Waals surface area contributed by atoms with Crippen LogP contribution in [0.1, 0.15) is 40.7 Å². The summed E-state index contributed by atoms with van der Waals surface area (Å²) in [7, 11) is 0. The van der Waals surface area contributed by atoms with Gasteiger partial charge in [-0.05, 0) is 73.2 Å². The van der Waals surface area contributed by atoms with Crippen molar-refractivity contribution in [2.24, 2.45) is 5.92 Å². The third-order valence-electron chi connectivity index (χ3n) is 7.12. The first-order valence-corrected chi connectivity index (χ1v) is 13.5. The molecule has 188 valence electrons. The molecule has 0 unspecified atom stereocenters. The van der Waals surface area contributed by atoms with Gasteiger partial charge in [0.1, 0.15) is 5.03 Å². The van der Waals surface area contributed by atoms with E-state index in [1.807, 2.05) is 22.1 Å². The summed E-state index contributed by atoms with van der Waals surface area (Å²) < 4.78 is 0. The van der Waals surface area contributed by atoms with Crippen LogP contribution in [0.5, 0.6) is 0 Å². The molecule has 9 nitrogen and oxygen atoms in total. The number of hydrogen-bond donors (Lipinski definition) is 2. The number of nitrogens with zero attached hydrogens (tertiary/aromatic N) is 3. The van der Waals surface area contributed by atoms with E-state index in [2.05, 4.69) is 15.6 Å². The fourth-order valence-electron chi connectivity index (χ4n) is 5.28. The van der Waals surface area contributed by atoms with E-state index >= 15 is 0 Å². The van der Waals surface area contributed by atoms with Crippen molar-refractivity contribution in [2.45, 2.75) is 37.1 Å². The SMILES string of the molecule is CSc1ncccc1C(=O)N1CCC(CNC(=O)C(=O)Nc2cc3c4c(c2)CC(=O)N4CCC3)CC1. The zero-order valence-electron chi connectivity index (χ0n) is 20.2. The monoisotopic (exact) mass is 507 g/mol. The average molecular weight is 508 g/mol. The molecule has 3 aliphatic heterocycles. The highest BCUT2D eigenvalue weighted by Gasteiger charge is 2.33. The van der Waals surface area contributed by atoms with Crippen molar-refractivity contribution in [3.8, 4) is 0 Å². The van der Waals surface area contributed by atoms with E-state index < -0.39 is 11.8 Å². The topological polar surface area (TPSA) is 112 Å². The first-order valence-electron chi connectivity index (χ1n) is 12.3. The van der Waals surface area contributed by atoms with Crippen LogP contribution in [0.2, 0.25) is 0 Å². The van der Waals surface area contributed by atoms with Gasteiger partial charge >= 0.3 is 11.8 Å². The predicted molar refractivity (Wildman–Crippen MR) is 137 cm³/mol. The number of amides is 4. The van der Waals surface area contributed by atoms with Crippen molar-refractivity contribution in [1.82, 2.24) is 15.2 Å². The van der Waals surface area contributed by atoms with Crippen molar-refractivity contribution in [1.29, 1.82) is 0 Å². The highest BCUT2D eigenvalue weighted by molar-refractivity contribution is 7.98. The molecule has 3 aliphatic rings. The summed E-state index contributed by atoms with van der Waals surface area (Å²) in [6, 6.07) is 7.24. The van der Waals surface area contributed by atoms with Gasteiger partial charge in [-0.15, -0.1) is 11.8 Å². The molecule has 10 heteroatoms. The number of hydrogen-bond acceptors (Lipinski definition) is 6. The number of carbonyl (C=O) groups excluding carboxylic acids is 4. The third-order valence-corrected chi connectivity index (χ3v) is 7.83. The zero-order chi connectivity index (χ0) is 25.2. The molecule has 0 atom stereocenters. The van der Waals surface area contributed by atoms with Gasteiger partial charge in [-0.3, -0.25) is 19.2 Å². The minimum absolute atomic E-state index is 0.0208. The Morgan fingerprint density at radius 2 is 1.89 bits per heavy atom. The molecular weight excluding hydrogens is 478 g/mol. The third kappa shape index (κ3) is 4.82. The van der Waals surface area contributed by atoms with E-state index in [-0.39, 0.29) is 17.7 Å². The van der Waals surface area contributed by atoms with E-state index in [0.29, 0.717) is 37.3 Å². The summed E-state index contributed by atoms with van der Waals surface area (Å²) in [5.74, 6) is -1.13. The van der Waals surface area contributed by atoms with Crippen LogP contribution >= 0.6 is 11.8 Å². The summed E-state index contributed by atoms with van der Waals surface area (Å²) in [6.45, 7) is 2.32. The van der Waals surface area contributed by atoms with Crippen LogP contribution in [-0.2, 0) is 27.2 Å². The summed E-state index contributed by atoms with van der Waals surface area (Å²) in [4.78, 5) is 58.0. The van der Waals surface area contributed by atoms with E-state index in [1.54, 1.807) is 24.4 Å². The lowest BCUT2D eigenvalue weighted by Gasteiger charge is -2.32. The van der Waals surface area contributed by atoms with E-state index in [4.69, 9.17) is 0 Å². The largest absolute Gasteiger partial charge is 0.348 e. The van der Waals surface area contributed by atoms with Gasteiger partial charge in [0.15, 0.2) is 0 Å². The Morgan fingerprint density at radius 3 is 2.67 bits per heavy atom. The zero-order valence-corrected chi connectivity index (χ0v) is 21.0. The number of carbonyl (C=O) groups is 4. The molecule has 4 heterocycles. The molecule has 0 spiro atoms. The van der Waals surface area contributed by atoms with E-state index in [1.165, 1.54) is 11.8 Å². The Hall–Kier alpha value is -3.40. The molecule has 1 aromatic carbocycles. The maximum Gasteiger partial charge on any atom is 0.313 e. The number of nitrogens with one attached hydrogen (secondary N) is 2. The normalized spacial score (nSPS) is 17.1. The Kier molecular flexibility index (Phi) is 6.95. The summed E-state index contributed by atoms with van der Waals surface area (Å²) in [5.41, 5.74) is 4.09. The van der Waals surface area contributed by atoms with Crippen LogP contribution in [0.25, 0.3) is 0 Å². The summed E-state index contributed by atoms with van der Waals surface area (Å²) in [6.07, 6.45) is 7.16. The second-order valence-electron chi connectivity index (χ2n) is 9.43. The van der Waals surface area contributed by atoms with E-state index in [9.17, 15) is 19.2 Å². The van der Waals surface area contributed by atoms with Crippen LogP contribution in [0.3, 0.4) is 0 Å². The molecule has 0 bridgehead atoms.